The minimum absolute atomic E-state index is 0.118. The highest BCUT2D eigenvalue weighted by Gasteiger charge is 2.19. The summed E-state index contributed by atoms with van der Waals surface area (Å²) in [5, 5.41) is 11.0. The number of nitrogens with zero attached hydrogens (tertiary/aromatic N) is 2. The number of para-hydroxylation sites is 1. The summed E-state index contributed by atoms with van der Waals surface area (Å²) >= 11 is 2.86. The van der Waals surface area contributed by atoms with Crippen molar-refractivity contribution in [3.8, 4) is 0 Å². The molecule has 28 heavy (non-hydrogen) atoms. The molecule has 2 N–H and O–H groups in total. The van der Waals surface area contributed by atoms with Crippen LogP contribution in [0.3, 0.4) is 0 Å². The van der Waals surface area contributed by atoms with Crippen LogP contribution >= 0.6 is 23.1 Å². The van der Waals surface area contributed by atoms with Crippen molar-refractivity contribution in [1.82, 2.24) is 10.2 Å². The molecule has 0 spiro atoms. The predicted octanol–water partition coefficient (Wildman–Crippen LogP) is 4.09. The van der Waals surface area contributed by atoms with Crippen LogP contribution in [0.15, 0.2) is 63.8 Å². The Hall–Kier alpha value is -2.43. The van der Waals surface area contributed by atoms with Crippen molar-refractivity contribution in [2.24, 2.45) is 0 Å². The second kappa shape index (κ2) is 9.18. The molecular weight excluding hydrogens is 416 g/mol. The number of thioether (sulfide) groups is 1. The molecule has 2 aromatic carbocycles. The first kappa shape index (κ1) is 20.3. The maximum atomic E-state index is 12.7. The molecule has 0 aliphatic carbocycles. The van der Waals surface area contributed by atoms with Gasteiger partial charge in [0.2, 0.25) is 5.13 Å². The first-order valence-corrected chi connectivity index (χ1v) is 11.7. The average molecular weight is 435 g/mol. The summed E-state index contributed by atoms with van der Waals surface area (Å²) in [6.45, 7) is 2.07. The molecule has 1 amide bonds. The zero-order valence-electron chi connectivity index (χ0n) is 15.0. The van der Waals surface area contributed by atoms with Crippen LogP contribution in [0.1, 0.15) is 23.7 Å². The third-order valence-corrected chi connectivity index (χ3v) is 7.09. The molecule has 3 aromatic rings. The molecule has 0 bridgehead atoms. The van der Waals surface area contributed by atoms with E-state index in [9.17, 15) is 13.2 Å². The summed E-state index contributed by atoms with van der Waals surface area (Å²) in [6, 6.07) is 14.4. The summed E-state index contributed by atoms with van der Waals surface area (Å²) in [5.41, 5.74) is 0.383. The van der Waals surface area contributed by atoms with Crippen LogP contribution in [-0.2, 0) is 10.0 Å². The number of anilines is 2. The van der Waals surface area contributed by atoms with Gasteiger partial charge in [0.1, 0.15) is 0 Å². The Kier molecular flexibility index (Phi) is 6.65. The van der Waals surface area contributed by atoms with Gasteiger partial charge in [-0.1, -0.05) is 60.4 Å². The average Bonchev–Trinajstić information content (AvgIpc) is 3.14. The number of hydrogen-bond donors (Lipinski definition) is 2. The van der Waals surface area contributed by atoms with Gasteiger partial charge in [-0.2, -0.15) is 0 Å². The van der Waals surface area contributed by atoms with Crippen molar-refractivity contribution in [1.29, 1.82) is 0 Å². The maximum Gasteiger partial charge on any atom is 0.261 e. The summed E-state index contributed by atoms with van der Waals surface area (Å²) in [6.07, 6.45) is 1.01. The fourth-order valence-corrected chi connectivity index (χ4v) is 5.02. The van der Waals surface area contributed by atoms with E-state index in [1.165, 1.54) is 29.5 Å². The SMILES string of the molecule is CCCSc1nnc(NC(=O)c2ccccc2NS(=O)(=O)c2ccccc2)s1. The van der Waals surface area contributed by atoms with Gasteiger partial charge in [0, 0.05) is 5.75 Å². The maximum absolute atomic E-state index is 12.7. The van der Waals surface area contributed by atoms with Gasteiger partial charge in [-0.25, -0.2) is 8.42 Å². The second-order valence-corrected chi connectivity index (χ2v) is 9.64. The van der Waals surface area contributed by atoms with Crippen molar-refractivity contribution in [2.45, 2.75) is 22.6 Å². The Balaban J connectivity index is 1.78. The van der Waals surface area contributed by atoms with E-state index in [-0.39, 0.29) is 16.1 Å². The molecule has 1 heterocycles. The molecule has 0 unspecified atom stereocenters. The number of carbonyl (C=O) groups excluding carboxylic acids is 1. The van der Waals surface area contributed by atoms with Gasteiger partial charge in [0.05, 0.1) is 16.1 Å². The number of carbonyl (C=O) groups is 1. The molecule has 0 atom stereocenters. The van der Waals surface area contributed by atoms with Crippen LogP contribution < -0.4 is 10.0 Å². The number of rotatable bonds is 8. The van der Waals surface area contributed by atoms with E-state index in [1.807, 2.05) is 0 Å². The fourth-order valence-electron chi connectivity index (χ4n) is 2.25. The normalized spacial score (nSPS) is 11.2. The second-order valence-electron chi connectivity index (χ2n) is 5.64. The zero-order chi connectivity index (χ0) is 20.0. The molecule has 0 aliphatic heterocycles. The summed E-state index contributed by atoms with van der Waals surface area (Å²) in [5.74, 6) is 0.460. The summed E-state index contributed by atoms with van der Waals surface area (Å²) < 4.78 is 28.4. The van der Waals surface area contributed by atoms with Crippen LogP contribution in [0.2, 0.25) is 0 Å². The monoisotopic (exact) mass is 434 g/mol. The molecule has 0 saturated heterocycles. The van der Waals surface area contributed by atoms with Gasteiger partial charge in [0.15, 0.2) is 4.34 Å². The number of hydrogen-bond acceptors (Lipinski definition) is 7. The third kappa shape index (κ3) is 5.09. The zero-order valence-corrected chi connectivity index (χ0v) is 17.4. The van der Waals surface area contributed by atoms with E-state index < -0.39 is 15.9 Å². The molecule has 0 radical (unpaired) electrons. The highest BCUT2D eigenvalue weighted by molar-refractivity contribution is 8.01. The standard InChI is InChI=1S/C18H18N4O3S3/c1-2-12-26-18-21-20-17(27-18)19-16(23)14-10-6-7-11-15(14)22-28(24,25)13-8-4-3-5-9-13/h3-11,22H,2,12H2,1H3,(H,19,20,23). The van der Waals surface area contributed by atoms with Crippen LogP contribution in [-0.4, -0.2) is 30.3 Å². The lowest BCUT2D eigenvalue weighted by atomic mass is 10.2. The molecule has 7 nitrogen and oxygen atoms in total. The summed E-state index contributed by atoms with van der Waals surface area (Å²) in [7, 11) is -3.81. The minimum atomic E-state index is -3.81. The Labute approximate surface area is 171 Å². The van der Waals surface area contributed by atoms with E-state index in [2.05, 4.69) is 27.2 Å². The smallest absolute Gasteiger partial charge is 0.261 e. The Morgan fingerprint density at radius 1 is 1.07 bits per heavy atom. The van der Waals surface area contributed by atoms with E-state index in [0.717, 1.165) is 16.5 Å². The predicted molar refractivity (Wildman–Crippen MR) is 113 cm³/mol. The van der Waals surface area contributed by atoms with Crippen molar-refractivity contribution >= 4 is 49.8 Å². The summed E-state index contributed by atoms with van der Waals surface area (Å²) in [4.78, 5) is 12.8. The van der Waals surface area contributed by atoms with Gasteiger partial charge >= 0.3 is 0 Å². The molecule has 10 heteroatoms. The Morgan fingerprint density at radius 2 is 1.79 bits per heavy atom. The van der Waals surface area contributed by atoms with E-state index in [4.69, 9.17) is 0 Å². The lowest BCUT2D eigenvalue weighted by Crippen LogP contribution is -2.18. The first-order valence-electron chi connectivity index (χ1n) is 8.44. The van der Waals surface area contributed by atoms with Gasteiger partial charge in [-0.15, -0.1) is 10.2 Å². The number of nitrogens with one attached hydrogen (secondary N) is 2. The lowest BCUT2D eigenvalue weighted by Gasteiger charge is -2.12. The van der Waals surface area contributed by atoms with Crippen LogP contribution in [0.5, 0.6) is 0 Å². The minimum Gasteiger partial charge on any atom is -0.296 e. The number of aromatic nitrogens is 2. The molecule has 3 rings (SSSR count). The molecule has 0 fully saturated rings. The van der Waals surface area contributed by atoms with E-state index in [0.29, 0.717) is 5.13 Å². The number of sulfonamides is 1. The van der Waals surface area contributed by atoms with Crippen molar-refractivity contribution < 1.29 is 13.2 Å². The van der Waals surface area contributed by atoms with E-state index >= 15 is 0 Å². The highest BCUT2D eigenvalue weighted by atomic mass is 32.2. The molecular formula is C18H18N4O3S3. The van der Waals surface area contributed by atoms with E-state index in [1.54, 1.807) is 48.2 Å². The number of amides is 1. The van der Waals surface area contributed by atoms with Gasteiger partial charge in [-0.05, 0) is 30.7 Å². The molecule has 0 aliphatic rings. The Bertz CT molecular complexity index is 1050. The van der Waals surface area contributed by atoms with Crippen LogP contribution in [0.4, 0.5) is 10.8 Å². The molecule has 1 aromatic heterocycles. The van der Waals surface area contributed by atoms with Gasteiger partial charge in [-0.3, -0.25) is 14.8 Å². The van der Waals surface area contributed by atoms with Crippen molar-refractivity contribution in [3.05, 3.63) is 60.2 Å². The molecule has 146 valence electrons. The van der Waals surface area contributed by atoms with Crippen LogP contribution in [0.25, 0.3) is 0 Å². The highest BCUT2D eigenvalue weighted by Crippen LogP contribution is 2.27. The quantitative estimate of drug-likeness (QED) is 0.409. The van der Waals surface area contributed by atoms with Crippen molar-refractivity contribution in [3.63, 3.8) is 0 Å². The largest absolute Gasteiger partial charge is 0.296 e. The third-order valence-electron chi connectivity index (χ3n) is 3.53. The fraction of sp³-hybridized carbons (Fsp3) is 0.167. The molecule has 0 saturated carbocycles. The lowest BCUT2D eigenvalue weighted by molar-refractivity contribution is 0.102. The Morgan fingerprint density at radius 3 is 2.54 bits per heavy atom. The van der Waals surface area contributed by atoms with Crippen LogP contribution in [0, 0.1) is 0 Å². The topological polar surface area (TPSA) is 101 Å². The first-order chi connectivity index (χ1) is 13.5. The number of benzene rings is 2. The van der Waals surface area contributed by atoms with Gasteiger partial charge in [0.25, 0.3) is 15.9 Å². The van der Waals surface area contributed by atoms with Gasteiger partial charge < -0.3 is 0 Å². The van der Waals surface area contributed by atoms with Crippen molar-refractivity contribution in [2.75, 3.05) is 15.8 Å².